The summed E-state index contributed by atoms with van der Waals surface area (Å²) >= 11 is 0. The van der Waals surface area contributed by atoms with Crippen LogP contribution in [0.1, 0.15) is 66.5 Å². The van der Waals surface area contributed by atoms with Crippen LogP contribution in [0.25, 0.3) is 0 Å². The van der Waals surface area contributed by atoms with Crippen LogP contribution in [0.2, 0.25) is 0 Å². The van der Waals surface area contributed by atoms with Crippen molar-refractivity contribution in [2.45, 2.75) is 84.3 Å². The molecule has 2 heterocycles. The molecule has 0 amide bonds. The van der Waals surface area contributed by atoms with Gasteiger partial charge in [0, 0.05) is 18.4 Å². The fourth-order valence-corrected chi connectivity index (χ4v) is 4.64. The molecule has 40 heavy (non-hydrogen) atoms. The average Bonchev–Trinajstić information content (AvgIpc) is 3.26. The van der Waals surface area contributed by atoms with Crippen molar-refractivity contribution < 1.29 is 18.6 Å². The van der Waals surface area contributed by atoms with Crippen molar-refractivity contribution in [2.24, 2.45) is 4.99 Å². The Labute approximate surface area is 239 Å². The summed E-state index contributed by atoms with van der Waals surface area (Å²) in [5.41, 5.74) is 4.56. The van der Waals surface area contributed by atoms with Gasteiger partial charge in [0.05, 0.1) is 28.1 Å². The van der Waals surface area contributed by atoms with Crippen LogP contribution in [0.3, 0.4) is 0 Å². The summed E-state index contributed by atoms with van der Waals surface area (Å²) in [7, 11) is -0.785. The number of aliphatic imine (C=N–C) groups is 1. The molecular formula is C32H40B2N2O4. The first-order chi connectivity index (χ1) is 18.7. The summed E-state index contributed by atoms with van der Waals surface area (Å²) in [6.45, 7) is 17.2. The third-order valence-electron chi connectivity index (χ3n) is 8.62. The van der Waals surface area contributed by atoms with E-state index in [0.29, 0.717) is 6.54 Å². The van der Waals surface area contributed by atoms with Gasteiger partial charge in [0.15, 0.2) is 0 Å². The van der Waals surface area contributed by atoms with Gasteiger partial charge in [-0.2, -0.15) is 0 Å². The van der Waals surface area contributed by atoms with Crippen molar-refractivity contribution in [1.29, 1.82) is 0 Å². The SMILES string of the molecule is CC1(C)OB(c2cccc(N=Cc3cccc(CNc4cccc(B5OC(C)(C)C(C)(C)O5)c4)c3)c2)OC1(C)C. The van der Waals surface area contributed by atoms with E-state index in [2.05, 4.69) is 97.1 Å². The Morgan fingerprint density at radius 2 is 1.18 bits per heavy atom. The number of anilines is 1. The molecule has 0 radical (unpaired) electrons. The molecule has 0 bridgehead atoms. The number of rotatable bonds is 7. The quantitative estimate of drug-likeness (QED) is 0.312. The number of benzene rings is 3. The van der Waals surface area contributed by atoms with E-state index in [1.807, 2.05) is 42.6 Å². The van der Waals surface area contributed by atoms with Crippen LogP contribution < -0.4 is 16.2 Å². The molecule has 8 heteroatoms. The normalized spacial score (nSPS) is 20.8. The van der Waals surface area contributed by atoms with E-state index in [-0.39, 0.29) is 29.5 Å². The van der Waals surface area contributed by atoms with Gasteiger partial charge >= 0.3 is 14.2 Å². The molecule has 3 aromatic carbocycles. The molecule has 2 aliphatic rings. The first kappa shape index (κ1) is 28.6. The summed E-state index contributed by atoms with van der Waals surface area (Å²) in [6.07, 6.45) is 1.89. The lowest BCUT2D eigenvalue weighted by molar-refractivity contribution is 0.00578. The maximum atomic E-state index is 6.22. The molecule has 2 saturated heterocycles. The van der Waals surface area contributed by atoms with Crippen LogP contribution in [0, 0.1) is 0 Å². The maximum absolute atomic E-state index is 6.22. The van der Waals surface area contributed by atoms with Crippen molar-refractivity contribution in [1.82, 2.24) is 0 Å². The zero-order valence-electron chi connectivity index (χ0n) is 24.9. The van der Waals surface area contributed by atoms with E-state index in [0.717, 1.165) is 33.4 Å². The van der Waals surface area contributed by atoms with E-state index in [1.165, 1.54) is 0 Å². The summed E-state index contributed by atoms with van der Waals surface area (Å²) < 4.78 is 24.9. The Bertz CT molecular complexity index is 1370. The molecule has 0 aromatic heterocycles. The van der Waals surface area contributed by atoms with Crippen molar-refractivity contribution in [2.75, 3.05) is 5.32 Å². The summed E-state index contributed by atoms with van der Waals surface area (Å²) in [5, 5.41) is 3.54. The first-order valence-electron chi connectivity index (χ1n) is 14.0. The van der Waals surface area contributed by atoms with Crippen LogP contribution in [0.15, 0.2) is 77.8 Å². The van der Waals surface area contributed by atoms with E-state index >= 15 is 0 Å². The van der Waals surface area contributed by atoms with Crippen molar-refractivity contribution in [3.63, 3.8) is 0 Å². The Kier molecular flexibility index (Phi) is 7.51. The van der Waals surface area contributed by atoms with E-state index < -0.39 is 7.12 Å². The van der Waals surface area contributed by atoms with Gasteiger partial charge in [0.2, 0.25) is 0 Å². The zero-order chi connectivity index (χ0) is 28.8. The highest BCUT2D eigenvalue weighted by molar-refractivity contribution is 6.62. The Hall–Kier alpha value is -2.90. The molecule has 1 N–H and O–H groups in total. The second-order valence-corrected chi connectivity index (χ2v) is 12.8. The smallest absolute Gasteiger partial charge is 0.399 e. The number of hydrogen-bond donors (Lipinski definition) is 1. The summed E-state index contributed by atoms with van der Waals surface area (Å²) in [6, 6.07) is 24.6. The van der Waals surface area contributed by atoms with Crippen LogP contribution >= 0.6 is 0 Å². The topological polar surface area (TPSA) is 61.3 Å². The van der Waals surface area contributed by atoms with E-state index in [4.69, 9.17) is 23.6 Å². The van der Waals surface area contributed by atoms with Crippen LogP contribution in [-0.2, 0) is 25.2 Å². The van der Waals surface area contributed by atoms with Gasteiger partial charge in [-0.05, 0) is 108 Å². The van der Waals surface area contributed by atoms with Gasteiger partial charge in [-0.1, -0.05) is 42.5 Å². The standard InChI is InChI=1S/C32H40B2N2O4/c1-29(2)30(3,4)38-33(37-29)25-14-10-16-27(19-25)35-21-23-12-9-13-24(18-23)22-36-28-17-11-15-26(20-28)34-39-31(5,6)32(7,8)40-34/h9-21,36H,22H2,1-8H3. The van der Waals surface area contributed by atoms with Gasteiger partial charge in [0.25, 0.3) is 0 Å². The third-order valence-corrected chi connectivity index (χ3v) is 8.62. The number of nitrogens with one attached hydrogen (secondary N) is 1. The Morgan fingerprint density at radius 1 is 0.650 bits per heavy atom. The Morgan fingerprint density at radius 3 is 1.77 bits per heavy atom. The lowest BCUT2D eigenvalue weighted by Crippen LogP contribution is -2.41. The molecule has 0 atom stereocenters. The van der Waals surface area contributed by atoms with Crippen molar-refractivity contribution >= 4 is 42.8 Å². The highest BCUT2D eigenvalue weighted by Gasteiger charge is 2.52. The molecule has 2 fully saturated rings. The third kappa shape index (κ3) is 5.91. The molecule has 5 rings (SSSR count). The molecular weight excluding hydrogens is 498 g/mol. The minimum Gasteiger partial charge on any atom is -0.399 e. The molecule has 0 spiro atoms. The van der Waals surface area contributed by atoms with Crippen molar-refractivity contribution in [3.05, 3.63) is 83.9 Å². The highest BCUT2D eigenvalue weighted by atomic mass is 16.7. The fourth-order valence-electron chi connectivity index (χ4n) is 4.64. The van der Waals surface area contributed by atoms with E-state index in [9.17, 15) is 0 Å². The molecule has 3 aromatic rings. The van der Waals surface area contributed by atoms with Crippen LogP contribution in [0.4, 0.5) is 11.4 Å². The van der Waals surface area contributed by atoms with Crippen LogP contribution in [0.5, 0.6) is 0 Å². The molecule has 0 aliphatic carbocycles. The average molecular weight is 538 g/mol. The van der Waals surface area contributed by atoms with Gasteiger partial charge in [0.1, 0.15) is 0 Å². The predicted molar refractivity (Wildman–Crippen MR) is 165 cm³/mol. The highest BCUT2D eigenvalue weighted by Crippen LogP contribution is 2.37. The van der Waals surface area contributed by atoms with Gasteiger partial charge in [-0.3, -0.25) is 4.99 Å². The number of hydrogen-bond acceptors (Lipinski definition) is 6. The first-order valence-corrected chi connectivity index (χ1v) is 14.0. The summed E-state index contributed by atoms with van der Waals surface area (Å²) in [5.74, 6) is 0. The lowest BCUT2D eigenvalue weighted by Gasteiger charge is -2.32. The van der Waals surface area contributed by atoms with Crippen LogP contribution in [-0.4, -0.2) is 42.9 Å². The molecule has 208 valence electrons. The minimum absolute atomic E-state index is 0.365. The van der Waals surface area contributed by atoms with Gasteiger partial charge in [-0.15, -0.1) is 0 Å². The van der Waals surface area contributed by atoms with Crippen molar-refractivity contribution in [3.8, 4) is 0 Å². The summed E-state index contributed by atoms with van der Waals surface area (Å²) in [4.78, 5) is 4.74. The monoisotopic (exact) mass is 538 g/mol. The van der Waals surface area contributed by atoms with E-state index in [1.54, 1.807) is 0 Å². The fraction of sp³-hybridized carbons (Fsp3) is 0.406. The molecule has 0 unspecified atom stereocenters. The minimum atomic E-state index is -0.405. The molecule has 2 aliphatic heterocycles. The molecule has 0 saturated carbocycles. The lowest BCUT2D eigenvalue weighted by atomic mass is 9.79. The zero-order valence-corrected chi connectivity index (χ0v) is 24.9. The maximum Gasteiger partial charge on any atom is 0.494 e. The van der Waals surface area contributed by atoms with Gasteiger partial charge < -0.3 is 23.9 Å². The Balaban J connectivity index is 1.22. The predicted octanol–water partition coefficient (Wildman–Crippen LogP) is 5.65. The second-order valence-electron chi connectivity index (χ2n) is 12.8. The molecule has 6 nitrogen and oxygen atoms in total. The second kappa shape index (κ2) is 10.5. The van der Waals surface area contributed by atoms with Gasteiger partial charge in [-0.25, -0.2) is 0 Å². The largest absolute Gasteiger partial charge is 0.494 e. The number of nitrogens with zero attached hydrogens (tertiary/aromatic N) is 1.